The maximum absolute atomic E-state index is 9.71. The molecule has 0 spiro atoms. The fourth-order valence-electron chi connectivity index (χ4n) is 2.01. The van der Waals surface area contributed by atoms with E-state index in [9.17, 15) is 5.11 Å². The first-order valence-corrected chi connectivity index (χ1v) is 6.47. The number of phenols is 1. The van der Waals surface area contributed by atoms with Crippen molar-refractivity contribution >= 4 is 21.4 Å². The molecular formula is C13H15NOS. The highest BCUT2D eigenvalue weighted by atomic mass is 32.1. The van der Waals surface area contributed by atoms with Gasteiger partial charge in [-0.25, -0.2) is 0 Å². The van der Waals surface area contributed by atoms with E-state index in [1.165, 1.54) is 17.7 Å². The predicted octanol–water partition coefficient (Wildman–Crippen LogP) is 3.03. The molecule has 0 saturated heterocycles. The van der Waals surface area contributed by atoms with Gasteiger partial charge in [-0.2, -0.15) is 0 Å². The lowest BCUT2D eigenvalue weighted by Crippen LogP contribution is -2.21. The van der Waals surface area contributed by atoms with Crippen molar-refractivity contribution in [2.75, 3.05) is 0 Å². The molecule has 1 aliphatic carbocycles. The van der Waals surface area contributed by atoms with Gasteiger partial charge in [-0.1, -0.05) is 12.1 Å². The van der Waals surface area contributed by atoms with E-state index in [1.54, 1.807) is 17.4 Å². The van der Waals surface area contributed by atoms with Crippen LogP contribution >= 0.6 is 11.3 Å². The number of rotatable bonds is 3. The van der Waals surface area contributed by atoms with E-state index in [4.69, 9.17) is 5.73 Å². The number of phenolic OH excluding ortho intramolecular Hbond substituents is 1. The second-order valence-electron chi connectivity index (χ2n) is 4.77. The molecule has 3 rings (SSSR count). The Morgan fingerprint density at radius 3 is 2.88 bits per heavy atom. The zero-order valence-corrected chi connectivity index (χ0v) is 9.89. The summed E-state index contributed by atoms with van der Waals surface area (Å²) in [4.78, 5) is 1.33. The highest BCUT2D eigenvalue weighted by Crippen LogP contribution is 2.39. The van der Waals surface area contributed by atoms with Gasteiger partial charge in [0.05, 0.1) is 4.70 Å². The van der Waals surface area contributed by atoms with Crippen molar-refractivity contribution in [1.82, 2.24) is 0 Å². The third-order valence-electron chi connectivity index (χ3n) is 3.34. The van der Waals surface area contributed by atoms with Crippen molar-refractivity contribution in [3.63, 3.8) is 0 Å². The Morgan fingerprint density at radius 2 is 2.19 bits per heavy atom. The van der Waals surface area contributed by atoms with Crippen LogP contribution in [0.3, 0.4) is 0 Å². The number of nitrogens with two attached hydrogens (primary N) is 1. The summed E-state index contributed by atoms with van der Waals surface area (Å²) in [7, 11) is 0. The van der Waals surface area contributed by atoms with Crippen molar-refractivity contribution in [3.05, 3.63) is 29.1 Å². The lowest BCUT2D eigenvalue weighted by molar-refractivity contribution is 0.482. The molecule has 0 amide bonds. The molecule has 0 unspecified atom stereocenters. The van der Waals surface area contributed by atoms with Gasteiger partial charge in [0, 0.05) is 10.4 Å². The van der Waals surface area contributed by atoms with E-state index in [0.717, 1.165) is 22.9 Å². The predicted molar refractivity (Wildman–Crippen MR) is 68.0 cm³/mol. The van der Waals surface area contributed by atoms with E-state index in [-0.39, 0.29) is 5.54 Å². The van der Waals surface area contributed by atoms with Crippen LogP contribution in [0.1, 0.15) is 24.1 Å². The van der Waals surface area contributed by atoms with E-state index < -0.39 is 0 Å². The van der Waals surface area contributed by atoms with Gasteiger partial charge < -0.3 is 10.8 Å². The van der Waals surface area contributed by atoms with E-state index in [2.05, 4.69) is 6.07 Å². The number of aryl methyl sites for hydroxylation is 1. The highest BCUT2D eigenvalue weighted by molar-refractivity contribution is 7.19. The highest BCUT2D eigenvalue weighted by Gasteiger charge is 2.37. The van der Waals surface area contributed by atoms with Crippen molar-refractivity contribution < 1.29 is 5.11 Å². The minimum atomic E-state index is 0.123. The monoisotopic (exact) mass is 233 g/mol. The summed E-state index contributed by atoms with van der Waals surface area (Å²) in [5, 5.41) is 10.9. The normalized spacial score (nSPS) is 17.8. The number of fused-ring (bicyclic) bond motifs is 1. The Bertz CT molecular complexity index is 528. The summed E-state index contributed by atoms with van der Waals surface area (Å²) < 4.78 is 0.999. The molecule has 0 atom stereocenters. The number of hydrogen-bond acceptors (Lipinski definition) is 3. The second-order valence-corrected chi connectivity index (χ2v) is 5.91. The molecule has 1 fully saturated rings. The van der Waals surface area contributed by atoms with Gasteiger partial charge in [-0.15, -0.1) is 11.3 Å². The van der Waals surface area contributed by atoms with Crippen LogP contribution in [0.5, 0.6) is 5.75 Å². The van der Waals surface area contributed by atoms with E-state index in [0.29, 0.717) is 5.75 Å². The average Bonchev–Trinajstić information content (AvgIpc) is 2.84. The van der Waals surface area contributed by atoms with Crippen molar-refractivity contribution in [3.8, 4) is 5.75 Å². The van der Waals surface area contributed by atoms with Crippen molar-refractivity contribution in [1.29, 1.82) is 0 Å². The second kappa shape index (κ2) is 3.47. The summed E-state index contributed by atoms with van der Waals surface area (Å²) in [5.74, 6) is 0.391. The quantitative estimate of drug-likeness (QED) is 0.856. The van der Waals surface area contributed by atoms with Crippen LogP contribution in [-0.2, 0) is 6.42 Å². The fourth-order valence-corrected chi connectivity index (χ4v) is 3.08. The first-order chi connectivity index (χ1) is 7.66. The smallest absolute Gasteiger partial charge is 0.133 e. The Morgan fingerprint density at radius 1 is 1.38 bits per heavy atom. The molecule has 1 aromatic heterocycles. The zero-order chi connectivity index (χ0) is 11.2. The van der Waals surface area contributed by atoms with Crippen LogP contribution in [0.2, 0.25) is 0 Å². The van der Waals surface area contributed by atoms with Gasteiger partial charge >= 0.3 is 0 Å². The maximum Gasteiger partial charge on any atom is 0.133 e. The number of thiophene rings is 1. The molecule has 84 valence electrons. The molecule has 1 heterocycles. The molecule has 16 heavy (non-hydrogen) atoms. The van der Waals surface area contributed by atoms with Gasteiger partial charge in [0.25, 0.3) is 0 Å². The minimum absolute atomic E-state index is 0.123. The van der Waals surface area contributed by atoms with Crippen LogP contribution in [0.25, 0.3) is 10.1 Å². The summed E-state index contributed by atoms with van der Waals surface area (Å²) in [6.45, 7) is 0. The number of aromatic hydroxyl groups is 1. The summed E-state index contributed by atoms with van der Waals surface area (Å²) >= 11 is 1.69. The summed E-state index contributed by atoms with van der Waals surface area (Å²) in [6.07, 6.45) is 4.45. The summed E-state index contributed by atoms with van der Waals surface area (Å²) in [6, 6.07) is 7.85. The molecule has 2 nitrogen and oxygen atoms in total. The molecule has 1 aromatic carbocycles. The Balaban J connectivity index is 1.85. The number of benzene rings is 1. The van der Waals surface area contributed by atoms with Gasteiger partial charge in [0.1, 0.15) is 5.75 Å². The Hall–Kier alpha value is -1.06. The van der Waals surface area contributed by atoms with Gasteiger partial charge in [-0.3, -0.25) is 0 Å². The van der Waals surface area contributed by atoms with Crippen LogP contribution in [0, 0.1) is 0 Å². The van der Waals surface area contributed by atoms with Crippen LogP contribution in [0.4, 0.5) is 0 Å². The molecule has 1 aliphatic rings. The largest absolute Gasteiger partial charge is 0.506 e. The molecule has 3 N–H and O–H groups in total. The molecular weight excluding hydrogens is 218 g/mol. The third-order valence-corrected chi connectivity index (χ3v) is 4.57. The first-order valence-electron chi connectivity index (χ1n) is 5.66. The molecule has 0 bridgehead atoms. The SMILES string of the molecule is NC1(CCc2cc3cccc(O)c3s2)CC1. The van der Waals surface area contributed by atoms with Crippen LogP contribution in [0.15, 0.2) is 24.3 Å². The Labute approximate surface area is 98.7 Å². The minimum Gasteiger partial charge on any atom is -0.506 e. The average molecular weight is 233 g/mol. The van der Waals surface area contributed by atoms with E-state index >= 15 is 0 Å². The van der Waals surface area contributed by atoms with Crippen molar-refractivity contribution in [2.45, 2.75) is 31.2 Å². The van der Waals surface area contributed by atoms with Crippen LogP contribution in [-0.4, -0.2) is 10.6 Å². The fraction of sp³-hybridized carbons (Fsp3) is 0.385. The summed E-state index contributed by atoms with van der Waals surface area (Å²) in [5.41, 5.74) is 6.20. The third kappa shape index (κ3) is 1.81. The van der Waals surface area contributed by atoms with Gasteiger partial charge in [0.15, 0.2) is 0 Å². The standard InChI is InChI=1S/C13H15NOS/c14-13(6-7-13)5-4-10-8-9-2-1-3-11(15)12(9)16-10/h1-3,8,15H,4-7,14H2. The Kier molecular flexibility index (Phi) is 2.19. The maximum atomic E-state index is 9.71. The van der Waals surface area contributed by atoms with Crippen molar-refractivity contribution in [2.24, 2.45) is 5.73 Å². The topological polar surface area (TPSA) is 46.2 Å². The lowest BCUT2D eigenvalue weighted by Gasteiger charge is -2.05. The number of hydrogen-bond donors (Lipinski definition) is 2. The van der Waals surface area contributed by atoms with Gasteiger partial charge in [-0.05, 0) is 43.2 Å². The molecule has 0 aliphatic heterocycles. The first kappa shape index (κ1) is 10.1. The zero-order valence-electron chi connectivity index (χ0n) is 9.07. The van der Waals surface area contributed by atoms with Gasteiger partial charge in [0.2, 0.25) is 0 Å². The lowest BCUT2D eigenvalue weighted by atomic mass is 10.1. The van der Waals surface area contributed by atoms with Crippen LogP contribution < -0.4 is 5.73 Å². The molecule has 2 aromatic rings. The van der Waals surface area contributed by atoms with E-state index in [1.807, 2.05) is 12.1 Å². The molecule has 0 radical (unpaired) electrons. The molecule has 3 heteroatoms. The molecule has 1 saturated carbocycles.